The average Bonchev–Trinajstić information content (AvgIpc) is 2.86. The number of amides is 1. The minimum absolute atomic E-state index is 0.179. The normalized spacial score (nSPS) is 25.0. The summed E-state index contributed by atoms with van der Waals surface area (Å²) >= 11 is 0. The molecule has 1 fully saturated rings. The van der Waals surface area contributed by atoms with E-state index in [4.69, 9.17) is 9.47 Å². The van der Waals surface area contributed by atoms with E-state index in [0.717, 1.165) is 0 Å². The standard InChI is InChI=1S/C17H29NO6/c1-6-7-13(16(22)24-17(2,3)4)18-14(20)11-8-10(19)9-12(11)15(21)23-5/h10-13,19H,6-9H2,1-5H3,(H,18,20)/t10?,11?,12?,13-/m0/s1. The summed E-state index contributed by atoms with van der Waals surface area (Å²) in [4.78, 5) is 36.6. The Kier molecular flexibility index (Phi) is 7.20. The molecule has 0 bridgehead atoms. The van der Waals surface area contributed by atoms with Crippen molar-refractivity contribution in [1.29, 1.82) is 0 Å². The van der Waals surface area contributed by atoms with Gasteiger partial charge < -0.3 is 19.9 Å². The summed E-state index contributed by atoms with van der Waals surface area (Å²) in [6.07, 6.45) is 0.779. The molecular weight excluding hydrogens is 314 g/mol. The van der Waals surface area contributed by atoms with Gasteiger partial charge in [-0.15, -0.1) is 0 Å². The van der Waals surface area contributed by atoms with E-state index in [9.17, 15) is 19.5 Å². The topological polar surface area (TPSA) is 102 Å². The van der Waals surface area contributed by atoms with Crippen LogP contribution in [0.1, 0.15) is 53.4 Å². The Bertz CT molecular complexity index is 470. The van der Waals surface area contributed by atoms with Crippen LogP contribution in [0.4, 0.5) is 0 Å². The van der Waals surface area contributed by atoms with Crippen LogP contribution < -0.4 is 5.32 Å². The Morgan fingerprint density at radius 2 is 1.79 bits per heavy atom. The number of carbonyl (C=O) groups excluding carboxylic acids is 3. The van der Waals surface area contributed by atoms with Crippen LogP contribution in [0.5, 0.6) is 0 Å². The van der Waals surface area contributed by atoms with Gasteiger partial charge in [-0.05, 0) is 40.0 Å². The van der Waals surface area contributed by atoms with Crippen LogP contribution in [0, 0.1) is 11.8 Å². The highest BCUT2D eigenvalue weighted by Gasteiger charge is 2.43. The lowest BCUT2D eigenvalue weighted by atomic mass is 9.94. The van der Waals surface area contributed by atoms with Gasteiger partial charge in [-0.3, -0.25) is 9.59 Å². The second-order valence-electron chi connectivity index (χ2n) is 7.24. The van der Waals surface area contributed by atoms with Crippen LogP contribution in [0.15, 0.2) is 0 Å². The maximum Gasteiger partial charge on any atom is 0.329 e. The zero-order chi connectivity index (χ0) is 18.5. The first kappa shape index (κ1) is 20.4. The minimum Gasteiger partial charge on any atom is -0.469 e. The number of carbonyl (C=O) groups is 3. The molecule has 1 saturated carbocycles. The van der Waals surface area contributed by atoms with Crippen molar-refractivity contribution >= 4 is 17.8 Å². The lowest BCUT2D eigenvalue weighted by Crippen LogP contribution is -2.47. The van der Waals surface area contributed by atoms with Gasteiger partial charge in [0.25, 0.3) is 0 Å². The zero-order valence-corrected chi connectivity index (χ0v) is 15.1. The van der Waals surface area contributed by atoms with Crippen molar-refractivity contribution in [3.63, 3.8) is 0 Å². The lowest BCUT2D eigenvalue weighted by molar-refractivity contribution is -0.159. The Labute approximate surface area is 143 Å². The Morgan fingerprint density at radius 1 is 1.21 bits per heavy atom. The molecule has 0 saturated heterocycles. The van der Waals surface area contributed by atoms with E-state index in [0.29, 0.717) is 12.8 Å². The molecule has 1 aliphatic rings. The summed E-state index contributed by atoms with van der Waals surface area (Å²) in [6, 6.07) is -0.766. The molecule has 0 aromatic rings. The van der Waals surface area contributed by atoms with Gasteiger partial charge in [0.05, 0.1) is 25.0 Å². The molecular formula is C17H29NO6. The second kappa shape index (κ2) is 8.46. The molecule has 0 radical (unpaired) electrons. The van der Waals surface area contributed by atoms with Gasteiger partial charge in [-0.1, -0.05) is 13.3 Å². The molecule has 2 N–H and O–H groups in total. The summed E-state index contributed by atoms with van der Waals surface area (Å²) in [5.41, 5.74) is -0.647. The summed E-state index contributed by atoms with van der Waals surface area (Å²) in [5.74, 6) is -2.83. The highest BCUT2D eigenvalue weighted by Crippen LogP contribution is 2.33. The number of ether oxygens (including phenoxy) is 2. The van der Waals surface area contributed by atoms with E-state index in [2.05, 4.69) is 5.32 Å². The molecule has 0 aromatic carbocycles. The van der Waals surface area contributed by atoms with Gasteiger partial charge >= 0.3 is 11.9 Å². The average molecular weight is 343 g/mol. The van der Waals surface area contributed by atoms with Crippen molar-refractivity contribution < 1.29 is 29.0 Å². The van der Waals surface area contributed by atoms with Gasteiger partial charge in [-0.2, -0.15) is 0 Å². The fourth-order valence-corrected chi connectivity index (χ4v) is 2.90. The molecule has 138 valence electrons. The summed E-state index contributed by atoms with van der Waals surface area (Å²) in [7, 11) is 1.25. The van der Waals surface area contributed by atoms with E-state index in [1.54, 1.807) is 20.8 Å². The Morgan fingerprint density at radius 3 is 2.29 bits per heavy atom. The molecule has 0 spiro atoms. The van der Waals surface area contributed by atoms with Crippen LogP contribution in [0.25, 0.3) is 0 Å². The van der Waals surface area contributed by atoms with Crippen LogP contribution in [-0.2, 0) is 23.9 Å². The van der Waals surface area contributed by atoms with Gasteiger partial charge in [0, 0.05) is 0 Å². The maximum absolute atomic E-state index is 12.5. The molecule has 4 atom stereocenters. The molecule has 7 heteroatoms. The molecule has 3 unspecified atom stereocenters. The molecule has 7 nitrogen and oxygen atoms in total. The van der Waals surface area contributed by atoms with E-state index in [1.807, 2.05) is 6.92 Å². The summed E-state index contributed by atoms with van der Waals surface area (Å²) < 4.78 is 10.0. The predicted molar refractivity (Wildman–Crippen MR) is 86.9 cm³/mol. The lowest BCUT2D eigenvalue weighted by Gasteiger charge is -2.26. The first-order valence-corrected chi connectivity index (χ1v) is 8.38. The van der Waals surface area contributed by atoms with Crippen molar-refractivity contribution in [3.8, 4) is 0 Å². The van der Waals surface area contributed by atoms with Crippen molar-refractivity contribution in [3.05, 3.63) is 0 Å². The number of methoxy groups -OCH3 is 1. The Hall–Kier alpha value is -1.63. The van der Waals surface area contributed by atoms with Gasteiger partial charge in [0.1, 0.15) is 11.6 Å². The summed E-state index contributed by atoms with van der Waals surface area (Å²) in [6.45, 7) is 7.18. The number of aliphatic hydroxyl groups is 1. The fourth-order valence-electron chi connectivity index (χ4n) is 2.90. The number of aliphatic hydroxyl groups excluding tert-OH is 1. The first-order valence-electron chi connectivity index (χ1n) is 8.38. The second-order valence-corrected chi connectivity index (χ2v) is 7.24. The molecule has 0 aliphatic heterocycles. The largest absolute Gasteiger partial charge is 0.469 e. The van der Waals surface area contributed by atoms with E-state index in [-0.39, 0.29) is 12.8 Å². The molecule has 24 heavy (non-hydrogen) atoms. The molecule has 0 heterocycles. The fraction of sp³-hybridized carbons (Fsp3) is 0.824. The smallest absolute Gasteiger partial charge is 0.329 e. The summed E-state index contributed by atoms with van der Waals surface area (Å²) in [5, 5.41) is 12.5. The monoisotopic (exact) mass is 343 g/mol. The Balaban J connectivity index is 2.80. The van der Waals surface area contributed by atoms with Crippen LogP contribution in [0.3, 0.4) is 0 Å². The third-order valence-corrected chi connectivity index (χ3v) is 3.96. The maximum atomic E-state index is 12.5. The van der Waals surface area contributed by atoms with Crippen LogP contribution >= 0.6 is 0 Å². The minimum atomic E-state index is -0.766. The van der Waals surface area contributed by atoms with E-state index >= 15 is 0 Å². The quantitative estimate of drug-likeness (QED) is 0.702. The SMILES string of the molecule is CCC[C@H](NC(=O)C1CC(O)CC1C(=O)OC)C(=O)OC(C)(C)C. The third kappa shape index (κ3) is 5.78. The van der Waals surface area contributed by atoms with Gasteiger partial charge in [0.15, 0.2) is 0 Å². The van der Waals surface area contributed by atoms with Crippen molar-refractivity contribution in [2.75, 3.05) is 7.11 Å². The molecule has 1 rings (SSSR count). The van der Waals surface area contributed by atoms with Crippen molar-refractivity contribution in [2.45, 2.75) is 71.1 Å². The highest BCUT2D eigenvalue weighted by molar-refractivity contribution is 5.89. The van der Waals surface area contributed by atoms with Crippen LogP contribution in [0.2, 0.25) is 0 Å². The molecule has 0 aromatic heterocycles. The zero-order valence-electron chi connectivity index (χ0n) is 15.1. The number of esters is 2. The number of hydrogen-bond donors (Lipinski definition) is 2. The molecule has 1 aliphatic carbocycles. The van der Waals surface area contributed by atoms with Crippen molar-refractivity contribution in [1.82, 2.24) is 5.32 Å². The predicted octanol–water partition coefficient (Wildman–Crippen LogP) is 1.17. The van der Waals surface area contributed by atoms with Crippen LogP contribution in [-0.4, -0.2) is 47.8 Å². The number of hydrogen-bond acceptors (Lipinski definition) is 6. The molecule has 1 amide bonds. The number of nitrogens with one attached hydrogen (secondary N) is 1. The highest BCUT2D eigenvalue weighted by atomic mass is 16.6. The van der Waals surface area contributed by atoms with E-state index < -0.39 is 47.4 Å². The van der Waals surface area contributed by atoms with Crippen molar-refractivity contribution in [2.24, 2.45) is 11.8 Å². The van der Waals surface area contributed by atoms with Gasteiger partial charge in [-0.25, -0.2) is 4.79 Å². The van der Waals surface area contributed by atoms with Gasteiger partial charge in [0.2, 0.25) is 5.91 Å². The van der Waals surface area contributed by atoms with E-state index in [1.165, 1.54) is 7.11 Å². The third-order valence-electron chi connectivity index (χ3n) is 3.96. The first-order chi connectivity index (χ1) is 11.1. The number of rotatable bonds is 6.